The lowest BCUT2D eigenvalue weighted by Crippen LogP contribution is -2.25. The van der Waals surface area contributed by atoms with Crippen LogP contribution in [0.3, 0.4) is 0 Å². The second-order valence-electron chi connectivity index (χ2n) is 4.50. The van der Waals surface area contributed by atoms with Crippen LogP contribution in [-0.2, 0) is 0 Å². The number of carbonyl (C=O) groups excluding carboxylic acids is 1. The smallest absolute Gasteiger partial charge is 0.263 e. The number of thiazole rings is 1. The summed E-state index contributed by atoms with van der Waals surface area (Å²) in [5, 5.41) is 3.59. The Morgan fingerprint density at radius 2 is 2.18 bits per heavy atom. The molecule has 1 aromatic carbocycles. The first-order valence-corrected chi connectivity index (χ1v) is 7.43. The summed E-state index contributed by atoms with van der Waals surface area (Å²) in [5.41, 5.74) is 6.30. The van der Waals surface area contributed by atoms with Crippen LogP contribution in [0, 0.1) is 0 Å². The van der Waals surface area contributed by atoms with Crippen LogP contribution in [0.15, 0.2) is 24.4 Å². The van der Waals surface area contributed by atoms with Crippen LogP contribution in [0.4, 0.5) is 0 Å². The molecule has 118 valence electrons. The van der Waals surface area contributed by atoms with Gasteiger partial charge in [-0.2, -0.15) is 0 Å². The molecule has 1 amide bonds. The fraction of sp³-hybridized carbons (Fsp3) is 0.286. The van der Waals surface area contributed by atoms with Gasteiger partial charge < -0.3 is 20.5 Å². The standard InChI is InChI=1S/C14H15N3O3S.ClH/c15-4-1-5-16-13(18)12-7-17-14(21-12)9-2-3-10-11(6-9)20-8-19-10;/h2-3,6-7H,1,4-5,8,15H2,(H,16,18);1H. The first-order chi connectivity index (χ1) is 10.3. The molecule has 2 aromatic rings. The monoisotopic (exact) mass is 341 g/mol. The van der Waals surface area contributed by atoms with Crippen molar-refractivity contribution in [3.05, 3.63) is 29.3 Å². The molecule has 0 spiro atoms. The Hall–Kier alpha value is -1.83. The maximum absolute atomic E-state index is 11.9. The van der Waals surface area contributed by atoms with Crippen LogP contribution in [0.1, 0.15) is 16.1 Å². The van der Waals surface area contributed by atoms with Crippen LogP contribution in [-0.4, -0.2) is 30.8 Å². The van der Waals surface area contributed by atoms with Crippen molar-refractivity contribution in [2.24, 2.45) is 5.73 Å². The number of nitrogens with zero attached hydrogens (tertiary/aromatic N) is 1. The van der Waals surface area contributed by atoms with Gasteiger partial charge in [0.2, 0.25) is 6.79 Å². The van der Waals surface area contributed by atoms with E-state index in [-0.39, 0.29) is 25.1 Å². The molecule has 8 heteroatoms. The molecule has 1 aliphatic heterocycles. The number of benzene rings is 1. The molecule has 1 aliphatic rings. The number of hydrogen-bond acceptors (Lipinski definition) is 6. The van der Waals surface area contributed by atoms with Crippen LogP contribution >= 0.6 is 23.7 Å². The van der Waals surface area contributed by atoms with Gasteiger partial charge >= 0.3 is 0 Å². The number of halogens is 1. The van der Waals surface area contributed by atoms with E-state index in [0.29, 0.717) is 23.7 Å². The van der Waals surface area contributed by atoms with Crippen molar-refractivity contribution in [1.82, 2.24) is 10.3 Å². The molecule has 0 fully saturated rings. The molecule has 0 aliphatic carbocycles. The first-order valence-electron chi connectivity index (χ1n) is 6.62. The lowest BCUT2D eigenvalue weighted by atomic mass is 10.2. The van der Waals surface area contributed by atoms with Gasteiger partial charge in [-0.1, -0.05) is 0 Å². The molecule has 2 heterocycles. The number of aromatic nitrogens is 1. The van der Waals surface area contributed by atoms with Gasteiger partial charge in [-0.15, -0.1) is 23.7 Å². The number of carbonyl (C=O) groups is 1. The van der Waals surface area contributed by atoms with Crippen molar-refractivity contribution in [2.75, 3.05) is 19.9 Å². The zero-order chi connectivity index (χ0) is 14.7. The molecule has 0 unspecified atom stereocenters. The topological polar surface area (TPSA) is 86.5 Å². The van der Waals surface area contributed by atoms with E-state index in [1.165, 1.54) is 11.3 Å². The predicted molar refractivity (Wildman–Crippen MR) is 86.9 cm³/mol. The van der Waals surface area contributed by atoms with Crippen molar-refractivity contribution < 1.29 is 14.3 Å². The second-order valence-corrected chi connectivity index (χ2v) is 5.53. The van der Waals surface area contributed by atoms with Crippen molar-refractivity contribution in [3.8, 4) is 22.1 Å². The highest BCUT2D eigenvalue weighted by Gasteiger charge is 2.16. The Morgan fingerprint density at radius 3 is 3.00 bits per heavy atom. The number of ether oxygens (including phenoxy) is 2. The highest BCUT2D eigenvalue weighted by atomic mass is 35.5. The Bertz CT molecular complexity index is 663. The lowest BCUT2D eigenvalue weighted by Gasteiger charge is -2.01. The van der Waals surface area contributed by atoms with E-state index >= 15 is 0 Å². The van der Waals surface area contributed by atoms with Crippen molar-refractivity contribution in [3.63, 3.8) is 0 Å². The summed E-state index contributed by atoms with van der Waals surface area (Å²) in [5.74, 6) is 1.32. The molecule has 3 N–H and O–H groups in total. The minimum absolute atomic E-state index is 0. The molecule has 1 aromatic heterocycles. The van der Waals surface area contributed by atoms with Gasteiger partial charge in [-0.3, -0.25) is 4.79 Å². The number of rotatable bonds is 5. The van der Waals surface area contributed by atoms with Crippen molar-refractivity contribution >= 4 is 29.7 Å². The Morgan fingerprint density at radius 1 is 1.36 bits per heavy atom. The second kappa shape index (κ2) is 7.44. The first kappa shape index (κ1) is 16.5. The van der Waals surface area contributed by atoms with Crippen LogP contribution in [0.2, 0.25) is 0 Å². The van der Waals surface area contributed by atoms with E-state index in [4.69, 9.17) is 15.2 Å². The average Bonchev–Trinajstić information content (AvgIpc) is 3.15. The zero-order valence-electron chi connectivity index (χ0n) is 11.7. The molecule has 3 rings (SSSR count). The summed E-state index contributed by atoms with van der Waals surface area (Å²) in [6.45, 7) is 1.38. The molecular formula is C14H16ClN3O3S. The largest absolute Gasteiger partial charge is 0.454 e. The third-order valence-corrected chi connectivity index (χ3v) is 4.06. The molecule has 6 nitrogen and oxygen atoms in total. The zero-order valence-corrected chi connectivity index (χ0v) is 13.3. The molecule has 0 saturated carbocycles. The number of nitrogens with two attached hydrogens (primary N) is 1. The minimum atomic E-state index is -0.118. The van der Waals surface area contributed by atoms with Crippen LogP contribution < -0.4 is 20.5 Å². The Balaban J connectivity index is 0.00000176. The quantitative estimate of drug-likeness (QED) is 0.813. The van der Waals surface area contributed by atoms with Gasteiger partial charge in [0.25, 0.3) is 5.91 Å². The molecule has 0 atom stereocenters. The SMILES string of the molecule is Cl.NCCCNC(=O)c1cnc(-c2ccc3c(c2)OCO3)s1. The number of amides is 1. The van der Waals surface area contributed by atoms with E-state index < -0.39 is 0 Å². The third kappa shape index (κ3) is 3.49. The number of hydrogen-bond donors (Lipinski definition) is 2. The average molecular weight is 342 g/mol. The van der Waals surface area contributed by atoms with Crippen LogP contribution in [0.25, 0.3) is 10.6 Å². The minimum Gasteiger partial charge on any atom is -0.454 e. The molecule has 0 radical (unpaired) electrons. The molecule has 0 bridgehead atoms. The Labute approximate surface area is 138 Å². The van der Waals surface area contributed by atoms with Gasteiger partial charge in [0.15, 0.2) is 11.5 Å². The molecular weight excluding hydrogens is 326 g/mol. The van der Waals surface area contributed by atoms with E-state index in [0.717, 1.165) is 22.7 Å². The number of nitrogens with one attached hydrogen (secondary N) is 1. The maximum atomic E-state index is 11.9. The summed E-state index contributed by atoms with van der Waals surface area (Å²) in [6, 6.07) is 5.62. The summed E-state index contributed by atoms with van der Waals surface area (Å²) in [6.07, 6.45) is 2.35. The highest BCUT2D eigenvalue weighted by Crippen LogP contribution is 2.36. The predicted octanol–water partition coefficient (Wildman–Crippen LogP) is 2.04. The van der Waals surface area contributed by atoms with Crippen molar-refractivity contribution in [2.45, 2.75) is 6.42 Å². The molecule has 22 heavy (non-hydrogen) atoms. The van der Waals surface area contributed by atoms with Gasteiger partial charge in [-0.05, 0) is 31.2 Å². The third-order valence-electron chi connectivity index (χ3n) is 3.02. The fourth-order valence-electron chi connectivity index (χ4n) is 1.93. The van der Waals surface area contributed by atoms with Gasteiger partial charge in [0.1, 0.15) is 9.88 Å². The summed E-state index contributed by atoms with van der Waals surface area (Å²) >= 11 is 1.35. The summed E-state index contributed by atoms with van der Waals surface area (Å²) < 4.78 is 10.6. The van der Waals surface area contributed by atoms with Gasteiger partial charge in [0, 0.05) is 12.1 Å². The van der Waals surface area contributed by atoms with E-state index in [2.05, 4.69) is 10.3 Å². The highest BCUT2D eigenvalue weighted by molar-refractivity contribution is 7.16. The Kier molecular flexibility index (Phi) is 5.59. The van der Waals surface area contributed by atoms with E-state index in [1.54, 1.807) is 6.20 Å². The molecule has 0 saturated heterocycles. The lowest BCUT2D eigenvalue weighted by molar-refractivity contribution is 0.0957. The number of fused-ring (bicyclic) bond motifs is 1. The summed E-state index contributed by atoms with van der Waals surface area (Å²) in [4.78, 5) is 16.8. The van der Waals surface area contributed by atoms with E-state index in [9.17, 15) is 4.79 Å². The summed E-state index contributed by atoms with van der Waals surface area (Å²) in [7, 11) is 0. The van der Waals surface area contributed by atoms with Gasteiger partial charge in [0.05, 0.1) is 6.20 Å². The van der Waals surface area contributed by atoms with Crippen molar-refractivity contribution in [1.29, 1.82) is 0 Å². The van der Waals surface area contributed by atoms with Crippen LogP contribution in [0.5, 0.6) is 11.5 Å². The fourth-order valence-corrected chi connectivity index (χ4v) is 2.76. The maximum Gasteiger partial charge on any atom is 0.263 e. The van der Waals surface area contributed by atoms with E-state index in [1.807, 2.05) is 18.2 Å². The normalized spacial score (nSPS) is 11.9. The van der Waals surface area contributed by atoms with Gasteiger partial charge in [-0.25, -0.2) is 4.98 Å².